The number of fused-ring (bicyclic) bond motifs is 1. The second kappa shape index (κ2) is 6.33. The Balaban J connectivity index is 2.01. The van der Waals surface area contributed by atoms with E-state index in [9.17, 15) is 23.1 Å². The number of hydrazone groups is 1. The van der Waals surface area contributed by atoms with Gasteiger partial charge in [0, 0.05) is 11.3 Å². The molecule has 1 fully saturated rings. The van der Waals surface area contributed by atoms with Crippen molar-refractivity contribution in [2.45, 2.75) is 64.3 Å². The summed E-state index contributed by atoms with van der Waals surface area (Å²) in [5, 5.41) is 14.9. The van der Waals surface area contributed by atoms with Gasteiger partial charge in [-0.25, -0.2) is 0 Å². The fraction of sp³-hybridized carbons (Fsp3) is 0.600. The molecular weight excluding hydrogens is 357 g/mol. The number of alkyl halides is 3. The zero-order chi connectivity index (χ0) is 20.2. The van der Waals surface area contributed by atoms with Crippen LogP contribution < -0.4 is 0 Å². The maximum absolute atomic E-state index is 13.9. The van der Waals surface area contributed by atoms with Crippen molar-refractivity contribution in [1.82, 2.24) is 5.01 Å². The minimum Gasteiger partial charge on any atom is -0.362 e. The van der Waals surface area contributed by atoms with E-state index in [2.05, 4.69) is 5.10 Å². The highest BCUT2D eigenvalue weighted by molar-refractivity contribution is 6.00. The van der Waals surface area contributed by atoms with Crippen LogP contribution in [0.5, 0.6) is 0 Å². The third-order valence-corrected chi connectivity index (χ3v) is 5.62. The van der Waals surface area contributed by atoms with E-state index in [1.165, 1.54) is 12.1 Å². The number of hydrogen-bond donors (Lipinski definition) is 1. The van der Waals surface area contributed by atoms with E-state index in [-0.39, 0.29) is 34.0 Å². The maximum Gasteiger partial charge on any atom is 0.439 e. The van der Waals surface area contributed by atoms with Crippen LogP contribution in [-0.2, 0) is 5.41 Å². The summed E-state index contributed by atoms with van der Waals surface area (Å²) in [4.78, 5) is 12.9. The molecule has 1 amide bonds. The zero-order valence-electron chi connectivity index (χ0n) is 16.0. The molecule has 148 valence electrons. The van der Waals surface area contributed by atoms with Gasteiger partial charge in [-0.1, -0.05) is 46.2 Å². The van der Waals surface area contributed by atoms with Crippen molar-refractivity contribution in [3.8, 4) is 0 Å². The van der Waals surface area contributed by atoms with Gasteiger partial charge in [0.2, 0.25) is 0 Å². The lowest BCUT2D eigenvalue weighted by atomic mass is 9.75. The Morgan fingerprint density at radius 2 is 1.78 bits per heavy atom. The van der Waals surface area contributed by atoms with E-state index in [1.807, 2.05) is 20.8 Å². The summed E-state index contributed by atoms with van der Waals surface area (Å²) < 4.78 is 41.6. The number of aliphatic hydroxyl groups is 1. The van der Waals surface area contributed by atoms with E-state index < -0.39 is 23.7 Å². The highest BCUT2D eigenvalue weighted by atomic mass is 19.4. The number of benzene rings is 1. The number of carbonyl (C=O) groups excluding carboxylic acids is 1. The molecule has 1 aromatic rings. The molecule has 27 heavy (non-hydrogen) atoms. The van der Waals surface area contributed by atoms with Crippen LogP contribution in [0.2, 0.25) is 0 Å². The molecule has 0 unspecified atom stereocenters. The zero-order valence-corrected chi connectivity index (χ0v) is 16.0. The van der Waals surface area contributed by atoms with E-state index in [0.29, 0.717) is 12.8 Å². The van der Waals surface area contributed by atoms with Crippen LogP contribution in [0, 0.1) is 11.8 Å². The van der Waals surface area contributed by atoms with Crippen molar-refractivity contribution >= 4 is 11.6 Å². The van der Waals surface area contributed by atoms with E-state index in [1.54, 1.807) is 19.1 Å². The molecule has 0 spiro atoms. The van der Waals surface area contributed by atoms with Crippen LogP contribution in [-0.4, -0.2) is 33.6 Å². The minimum atomic E-state index is -5.00. The molecular formula is C20H25F3N2O2. The van der Waals surface area contributed by atoms with Crippen LogP contribution in [0.3, 0.4) is 0 Å². The van der Waals surface area contributed by atoms with E-state index in [4.69, 9.17) is 0 Å². The van der Waals surface area contributed by atoms with Gasteiger partial charge in [0.1, 0.15) is 0 Å². The molecule has 2 aliphatic rings. The Kier molecular flexibility index (Phi) is 4.65. The Morgan fingerprint density at radius 3 is 2.30 bits per heavy atom. The summed E-state index contributed by atoms with van der Waals surface area (Å²) in [5.41, 5.74) is -2.15. The largest absolute Gasteiger partial charge is 0.439 e. The predicted octanol–water partition coefficient (Wildman–Crippen LogP) is 4.48. The molecule has 4 nitrogen and oxygen atoms in total. The minimum absolute atomic E-state index is 0.0707. The third-order valence-electron chi connectivity index (χ3n) is 5.62. The van der Waals surface area contributed by atoms with Crippen LogP contribution in [0.15, 0.2) is 29.4 Å². The first-order valence-electron chi connectivity index (χ1n) is 9.20. The lowest BCUT2D eigenvalue weighted by Crippen LogP contribution is -2.61. The predicted molar refractivity (Wildman–Crippen MR) is 96.3 cm³/mol. The fourth-order valence-electron chi connectivity index (χ4n) is 3.94. The van der Waals surface area contributed by atoms with Crippen LogP contribution in [0.25, 0.3) is 0 Å². The first kappa shape index (κ1) is 19.9. The average Bonchev–Trinajstić information content (AvgIpc) is 2.89. The first-order chi connectivity index (χ1) is 12.4. The molecule has 1 aliphatic carbocycles. The SMILES string of the molecule is C[C@@H]1CCC[C@@H]2C1=NN(C(=O)c1ccc(C(C)(C)C)cc1)[C@]2(O)C(F)(F)F. The number of carbonyl (C=O) groups is 1. The molecule has 1 aliphatic heterocycles. The molecule has 3 atom stereocenters. The van der Waals surface area contributed by atoms with Gasteiger partial charge in [-0.05, 0) is 41.9 Å². The molecule has 7 heteroatoms. The first-order valence-corrected chi connectivity index (χ1v) is 9.20. The van der Waals surface area contributed by atoms with Gasteiger partial charge in [-0.3, -0.25) is 4.79 Å². The van der Waals surface area contributed by atoms with Crippen LogP contribution >= 0.6 is 0 Å². The molecule has 0 bridgehead atoms. The number of hydrogen-bond acceptors (Lipinski definition) is 3. The molecule has 0 radical (unpaired) electrons. The maximum atomic E-state index is 13.9. The Bertz CT molecular complexity index is 765. The van der Waals surface area contributed by atoms with Crippen molar-refractivity contribution in [3.63, 3.8) is 0 Å². The standard InChI is InChI=1S/C20H25F3N2O2/c1-12-6-5-7-15-16(12)24-25(19(15,27)20(21,22)23)17(26)13-8-10-14(11-9-13)18(2,3)4/h8-12,15,27H,5-7H2,1-4H3/t12-,15-,19-/m1/s1. The number of nitrogens with zero attached hydrogens (tertiary/aromatic N) is 2. The number of amides is 1. The van der Waals surface area contributed by atoms with Gasteiger partial charge in [0.15, 0.2) is 0 Å². The highest BCUT2D eigenvalue weighted by Gasteiger charge is 2.69. The van der Waals surface area contributed by atoms with Gasteiger partial charge < -0.3 is 5.11 Å². The second-order valence-electron chi connectivity index (χ2n) is 8.58. The van der Waals surface area contributed by atoms with Gasteiger partial charge in [-0.2, -0.15) is 23.3 Å². The Morgan fingerprint density at radius 1 is 1.19 bits per heavy atom. The smallest absolute Gasteiger partial charge is 0.362 e. The van der Waals surface area contributed by atoms with Gasteiger partial charge in [-0.15, -0.1) is 0 Å². The summed E-state index contributed by atoms with van der Waals surface area (Å²) >= 11 is 0. The summed E-state index contributed by atoms with van der Waals surface area (Å²) in [7, 11) is 0. The van der Waals surface area contributed by atoms with Gasteiger partial charge in [0.25, 0.3) is 11.6 Å². The molecule has 1 aromatic carbocycles. The van der Waals surface area contributed by atoms with Crippen molar-refractivity contribution in [1.29, 1.82) is 0 Å². The molecule has 1 saturated carbocycles. The molecule has 1 N–H and O–H groups in total. The van der Waals surface area contributed by atoms with Gasteiger partial charge in [0.05, 0.1) is 5.92 Å². The quantitative estimate of drug-likeness (QED) is 0.778. The van der Waals surface area contributed by atoms with E-state index >= 15 is 0 Å². The Hall–Kier alpha value is -1.89. The lowest BCUT2D eigenvalue weighted by Gasteiger charge is -2.39. The molecule has 0 saturated heterocycles. The normalized spacial score (nSPS) is 28.7. The fourth-order valence-corrected chi connectivity index (χ4v) is 3.94. The van der Waals surface area contributed by atoms with Crippen molar-refractivity contribution in [2.75, 3.05) is 0 Å². The van der Waals surface area contributed by atoms with Crippen molar-refractivity contribution < 1.29 is 23.1 Å². The second-order valence-corrected chi connectivity index (χ2v) is 8.58. The summed E-state index contributed by atoms with van der Waals surface area (Å²) in [5.74, 6) is -2.35. The molecule has 3 rings (SSSR count). The van der Waals surface area contributed by atoms with E-state index in [0.717, 1.165) is 5.56 Å². The topological polar surface area (TPSA) is 52.9 Å². The number of halogens is 3. The van der Waals surface area contributed by atoms with Crippen LogP contribution in [0.1, 0.15) is 62.9 Å². The van der Waals surface area contributed by atoms with Crippen LogP contribution in [0.4, 0.5) is 13.2 Å². The number of rotatable bonds is 1. The summed E-state index contributed by atoms with van der Waals surface area (Å²) in [6.45, 7) is 7.80. The lowest BCUT2D eigenvalue weighted by molar-refractivity contribution is -0.312. The highest BCUT2D eigenvalue weighted by Crippen LogP contribution is 2.49. The summed E-state index contributed by atoms with van der Waals surface area (Å²) in [6.07, 6.45) is -3.58. The van der Waals surface area contributed by atoms with Crippen molar-refractivity contribution in [3.05, 3.63) is 35.4 Å². The van der Waals surface area contributed by atoms with Crippen molar-refractivity contribution in [2.24, 2.45) is 16.9 Å². The molecule has 0 aromatic heterocycles. The monoisotopic (exact) mass is 382 g/mol. The Labute approximate surface area is 157 Å². The third kappa shape index (κ3) is 3.16. The summed E-state index contributed by atoms with van der Waals surface area (Å²) in [6, 6.07) is 6.42. The average molecular weight is 382 g/mol. The molecule has 1 heterocycles. The van der Waals surface area contributed by atoms with Gasteiger partial charge >= 0.3 is 6.18 Å².